The second-order valence-electron chi connectivity index (χ2n) is 7.05. The largest absolute Gasteiger partial charge is 0.444 e. The number of pyridine rings is 1. The van der Waals surface area contributed by atoms with Crippen molar-refractivity contribution in [1.29, 1.82) is 0 Å². The highest BCUT2D eigenvalue weighted by atomic mass is 35.5. The predicted octanol–water partition coefficient (Wildman–Crippen LogP) is 4.43. The van der Waals surface area contributed by atoms with Gasteiger partial charge in [-0.1, -0.05) is 17.7 Å². The second-order valence-corrected chi connectivity index (χ2v) is 7.40. The summed E-state index contributed by atoms with van der Waals surface area (Å²) in [7, 11) is 0. The van der Waals surface area contributed by atoms with Gasteiger partial charge in [0.15, 0.2) is 11.0 Å². The molecule has 2 atom stereocenters. The lowest BCUT2D eigenvalue weighted by Crippen LogP contribution is -2.45. The van der Waals surface area contributed by atoms with Gasteiger partial charge < -0.3 is 4.74 Å². The first-order chi connectivity index (χ1) is 10.8. The van der Waals surface area contributed by atoms with Crippen LogP contribution in [0.15, 0.2) is 18.3 Å². The van der Waals surface area contributed by atoms with Crippen LogP contribution in [0.3, 0.4) is 0 Å². The van der Waals surface area contributed by atoms with Gasteiger partial charge in [-0.2, -0.15) is 0 Å². The fraction of sp³-hybridized carbons (Fsp3) is 0.529. The van der Waals surface area contributed by atoms with Gasteiger partial charge in [-0.15, -0.1) is 0 Å². The third-order valence-corrected chi connectivity index (χ3v) is 4.46. The number of rotatable bonds is 1. The lowest BCUT2D eigenvalue weighted by Gasteiger charge is -2.35. The molecule has 1 amide bonds. The number of aromatic nitrogens is 1. The van der Waals surface area contributed by atoms with Crippen LogP contribution in [0.1, 0.15) is 45.6 Å². The Balaban J connectivity index is 1.86. The molecule has 2 aliphatic rings. The third kappa shape index (κ3) is 3.20. The fourth-order valence-electron chi connectivity index (χ4n) is 3.30. The van der Waals surface area contributed by atoms with Crippen molar-refractivity contribution in [3.05, 3.63) is 34.9 Å². The summed E-state index contributed by atoms with van der Waals surface area (Å²) in [5.41, 5.74) is 0.843. The number of hydrogen-bond acceptors (Lipinski definition) is 3. The highest BCUT2D eigenvalue weighted by Crippen LogP contribution is 2.40. The van der Waals surface area contributed by atoms with Crippen LogP contribution in [0.5, 0.6) is 0 Å². The van der Waals surface area contributed by atoms with Gasteiger partial charge in [0.1, 0.15) is 5.60 Å². The van der Waals surface area contributed by atoms with E-state index in [-0.39, 0.29) is 23.3 Å². The predicted molar refractivity (Wildman–Crippen MR) is 86.7 cm³/mol. The minimum absolute atomic E-state index is 0.0428. The van der Waals surface area contributed by atoms with Gasteiger partial charge in [0.2, 0.25) is 0 Å². The summed E-state index contributed by atoms with van der Waals surface area (Å²) >= 11 is 5.78. The normalized spacial score (nSPS) is 23.7. The van der Waals surface area contributed by atoms with Crippen LogP contribution in [0.2, 0.25) is 5.15 Å². The summed E-state index contributed by atoms with van der Waals surface area (Å²) in [6.07, 6.45) is 5.53. The molecular formula is C17H20ClFN2O2. The molecule has 0 spiro atoms. The molecule has 0 aromatic carbocycles. The minimum Gasteiger partial charge on any atom is -0.444 e. The van der Waals surface area contributed by atoms with Crippen LogP contribution in [-0.4, -0.2) is 33.7 Å². The molecule has 0 saturated carbocycles. The molecule has 2 unspecified atom stereocenters. The molecule has 23 heavy (non-hydrogen) atoms. The fourth-order valence-corrected chi connectivity index (χ4v) is 3.45. The van der Waals surface area contributed by atoms with E-state index < -0.39 is 11.4 Å². The number of hydrogen-bond donors (Lipinski definition) is 0. The third-order valence-electron chi connectivity index (χ3n) is 4.19. The molecule has 0 N–H and O–H groups in total. The van der Waals surface area contributed by atoms with E-state index in [4.69, 9.17) is 16.3 Å². The van der Waals surface area contributed by atoms with Crippen molar-refractivity contribution < 1.29 is 13.9 Å². The Hall–Kier alpha value is -1.62. The number of amides is 1. The number of carbonyl (C=O) groups excluding carboxylic acids is 1. The quantitative estimate of drug-likeness (QED) is 0.711. The number of halogens is 2. The summed E-state index contributed by atoms with van der Waals surface area (Å²) in [4.78, 5) is 17.9. The molecule has 124 valence electrons. The number of nitrogens with zero attached hydrogens (tertiary/aromatic N) is 2. The van der Waals surface area contributed by atoms with Gasteiger partial charge in [0.05, 0.1) is 6.04 Å². The SMILES string of the molecule is CC(C)(C)OC(=O)N1C2C=C(c3ccnc(Cl)c3F)CC1CC2. The second kappa shape index (κ2) is 5.78. The van der Waals surface area contributed by atoms with Crippen molar-refractivity contribution in [2.75, 3.05) is 0 Å². The maximum absolute atomic E-state index is 14.2. The Morgan fingerprint density at radius 3 is 2.83 bits per heavy atom. The average Bonchev–Trinajstić information content (AvgIpc) is 2.71. The van der Waals surface area contributed by atoms with Crippen LogP contribution in [0.4, 0.5) is 9.18 Å². The average molecular weight is 339 g/mol. The van der Waals surface area contributed by atoms with Crippen LogP contribution < -0.4 is 0 Å². The van der Waals surface area contributed by atoms with E-state index in [1.54, 1.807) is 11.0 Å². The van der Waals surface area contributed by atoms with Crippen LogP contribution in [0, 0.1) is 5.82 Å². The lowest BCUT2D eigenvalue weighted by atomic mass is 9.95. The number of ether oxygens (including phenoxy) is 1. The first kappa shape index (κ1) is 16.2. The Kier molecular flexibility index (Phi) is 4.08. The topological polar surface area (TPSA) is 42.4 Å². The summed E-state index contributed by atoms with van der Waals surface area (Å²) in [5.74, 6) is -0.495. The maximum atomic E-state index is 14.2. The van der Waals surface area contributed by atoms with Crippen molar-refractivity contribution in [2.24, 2.45) is 0 Å². The molecule has 3 heterocycles. The molecule has 2 aliphatic heterocycles. The molecule has 1 aromatic rings. The maximum Gasteiger partial charge on any atom is 0.411 e. The molecule has 0 aliphatic carbocycles. The molecular weight excluding hydrogens is 319 g/mol. The van der Waals surface area contributed by atoms with E-state index in [1.165, 1.54) is 6.20 Å². The number of fused-ring (bicyclic) bond motifs is 2. The molecule has 0 radical (unpaired) electrons. The van der Waals surface area contributed by atoms with Gasteiger partial charge in [-0.05, 0) is 51.7 Å². The van der Waals surface area contributed by atoms with Crippen molar-refractivity contribution in [1.82, 2.24) is 9.88 Å². The molecule has 1 saturated heterocycles. The van der Waals surface area contributed by atoms with Gasteiger partial charge in [0, 0.05) is 17.8 Å². The van der Waals surface area contributed by atoms with Crippen LogP contribution in [-0.2, 0) is 4.74 Å². The van der Waals surface area contributed by atoms with E-state index in [1.807, 2.05) is 26.8 Å². The highest BCUT2D eigenvalue weighted by Gasteiger charge is 2.42. The Morgan fingerprint density at radius 1 is 1.43 bits per heavy atom. The van der Waals surface area contributed by atoms with Crippen LogP contribution in [0.25, 0.3) is 5.57 Å². The summed E-state index contributed by atoms with van der Waals surface area (Å²) in [5, 5.41) is -0.120. The lowest BCUT2D eigenvalue weighted by molar-refractivity contribution is 0.0175. The van der Waals surface area contributed by atoms with Gasteiger partial charge in [-0.25, -0.2) is 14.2 Å². The molecule has 1 fully saturated rings. The zero-order valence-electron chi connectivity index (χ0n) is 13.5. The monoisotopic (exact) mass is 338 g/mol. The zero-order valence-corrected chi connectivity index (χ0v) is 14.2. The van der Waals surface area contributed by atoms with E-state index in [9.17, 15) is 9.18 Å². The van der Waals surface area contributed by atoms with Crippen LogP contribution >= 0.6 is 11.6 Å². The molecule has 2 bridgehead atoms. The summed E-state index contributed by atoms with van der Waals surface area (Å²) in [6.45, 7) is 5.56. The van der Waals surface area contributed by atoms with E-state index >= 15 is 0 Å². The highest BCUT2D eigenvalue weighted by molar-refractivity contribution is 6.29. The van der Waals surface area contributed by atoms with Crippen molar-refractivity contribution >= 4 is 23.3 Å². The van der Waals surface area contributed by atoms with Crippen molar-refractivity contribution in [3.8, 4) is 0 Å². The minimum atomic E-state index is -0.523. The van der Waals surface area contributed by atoms with Gasteiger partial charge in [0.25, 0.3) is 0 Å². The smallest absolute Gasteiger partial charge is 0.411 e. The molecule has 6 heteroatoms. The van der Waals surface area contributed by atoms with E-state index in [2.05, 4.69) is 4.98 Å². The van der Waals surface area contributed by atoms with E-state index in [0.29, 0.717) is 12.0 Å². The first-order valence-corrected chi connectivity index (χ1v) is 8.16. The summed E-state index contributed by atoms with van der Waals surface area (Å²) < 4.78 is 19.7. The van der Waals surface area contributed by atoms with E-state index in [0.717, 1.165) is 18.4 Å². The van der Waals surface area contributed by atoms with Crippen molar-refractivity contribution in [2.45, 2.75) is 57.7 Å². The van der Waals surface area contributed by atoms with Crippen molar-refractivity contribution in [3.63, 3.8) is 0 Å². The Labute approximate surface area is 140 Å². The zero-order chi connectivity index (χ0) is 16.8. The first-order valence-electron chi connectivity index (χ1n) is 7.78. The van der Waals surface area contributed by atoms with Gasteiger partial charge >= 0.3 is 6.09 Å². The standard InChI is InChI=1S/C17H20ClFN2O2/c1-17(2,3)23-16(22)21-11-4-5-12(21)9-10(8-11)13-6-7-20-15(18)14(13)19/h6-8,11-12H,4-5,9H2,1-3H3. The molecule has 1 aromatic heterocycles. The van der Waals surface area contributed by atoms with Gasteiger partial charge in [-0.3, -0.25) is 4.90 Å². The Morgan fingerprint density at radius 2 is 2.17 bits per heavy atom. The summed E-state index contributed by atoms with van der Waals surface area (Å²) in [6, 6.07) is 1.63. The Bertz CT molecular complexity index is 669. The molecule has 4 nitrogen and oxygen atoms in total. The number of carbonyl (C=O) groups is 1. The molecule has 3 rings (SSSR count).